The first kappa shape index (κ1) is 14.1. The molecule has 0 saturated heterocycles. The molecule has 0 aromatic carbocycles. The number of carbonyl (C=O) groups is 1. The van der Waals surface area contributed by atoms with Crippen LogP contribution >= 0.6 is 15.9 Å². The van der Waals surface area contributed by atoms with Crippen LogP contribution in [-0.2, 0) is 4.79 Å². The maximum absolute atomic E-state index is 12.9. The monoisotopic (exact) mass is 296 g/mol. The number of halogens is 3. The largest absolute Gasteiger partial charge is 0.298 e. The Hall–Kier alpha value is 0.01000. The van der Waals surface area contributed by atoms with Crippen molar-refractivity contribution in [2.24, 2.45) is 11.8 Å². The molecule has 0 heterocycles. The molecule has 1 atom stereocenters. The van der Waals surface area contributed by atoms with Crippen LogP contribution < -0.4 is 0 Å². The minimum Gasteiger partial charge on any atom is -0.298 e. The van der Waals surface area contributed by atoms with Gasteiger partial charge in [0.2, 0.25) is 5.92 Å². The predicted octanol–water partition coefficient (Wildman–Crippen LogP) is 4.19. The van der Waals surface area contributed by atoms with Crippen molar-refractivity contribution < 1.29 is 13.6 Å². The Labute approximate surface area is 104 Å². The van der Waals surface area contributed by atoms with Crippen LogP contribution in [0.15, 0.2) is 0 Å². The standard InChI is InChI=1S/C12H19BrF2O/c1-8(2)7-10(13)11(16)9-3-5-12(14,15)6-4-9/h8-10H,3-7H2,1-2H3. The summed E-state index contributed by atoms with van der Waals surface area (Å²) in [6, 6.07) is 0. The van der Waals surface area contributed by atoms with Gasteiger partial charge in [-0.25, -0.2) is 8.78 Å². The van der Waals surface area contributed by atoms with Crippen molar-refractivity contribution in [2.45, 2.75) is 56.7 Å². The van der Waals surface area contributed by atoms with Gasteiger partial charge in [-0.2, -0.15) is 0 Å². The highest BCUT2D eigenvalue weighted by molar-refractivity contribution is 9.10. The van der Waals surface area contributed by atoms with Crippen molar-refractivity contribution in [3.8, 4) is 0 Å². The minimum absolute atomic E-state index is 0.115. The molecule has 1 nitrogen and oxygen atoms in total. The molecule has 16 heavy (non-hydrogen) atoms. The Morgan fingerprint density at radius 3 is 2.31 bits per heavy atom. The summed E-state index contributed by atoms with van der Waals surface area (Å²) in [5.74, 6) is -2.15. The summed E-state index contributed by atoms with van der Waals surface area (Å²) in [5, 5.41) is 0. The van der Waals surface area contributed by atoms with Gasteiger partial charge < -0.3 is 0 Å². The Morgan fingerprint density at radius 2 is 1.88 bits per heavy atom. The van der Waals surface area contributed by atoms with Gasteiger partial charge in [0.05, 0.1) is 4.83 Å². The van der Waals surface area contributed by atoms with Crippen molar-refractivity contribution in [3.05, 3.63) is 0 Å². The van der Waals surface area contributed by atoms with E-state index in [1.54, 1.807) is 0 Å². The molecular formula is C12H19BrF2O. The summed E-state index contributed by atoms with van der Waals surface area (Å²) < 4.78 is 25.9. The molecule has 1 rings (SSSR count). The third-order valence-electron chi connectivity index (χ3n) is 3.11. The van der Waals surface area contributed by atoms with Crippen LogP contribution in [0, 0.1) is 11.8 Å². The highest BCUT2D eigenvalue weighted by Gasteiger charge is 2.38. The third kappa shape index (κ3) is 4.11. The van der Waals surface area contributed by atoms with Crippen LogP contribution in [0.5, 0.6) is 0 Å². The molecule has 0 N–H and O–H groups in total. The van der Waals surface area contributed by atoms with Gasteiger partial charge in [-0.05, 0) is 25.2 Å². The maximum Gasteiger partial charge on any atom is 0.248 e. The highest BCUT2D eigenvalue weighted by Crippen LogP contribution is 2.37. The summed E-state index contributed by atoms with van der Waals surface area (Å²) in [7, 11) is 0. The van der Waals surface area contributed by atoms with Gasteiger partial charge in [0.15, 0.2) is 0 Å². The molecule has 0 aliphatic heterocycles. The van der Waals surface area contributed by atoms with E-state index in [0.717, 1.165) is 6.42 Å². The summed E-state index contributed by atoms with van der Waals surface area (Å²) >= 11 is 3.37. The SMILES string of the molecule is CC(C)CC(Br)C(=O)C1CCC(F)(F)CC1. The van der Waals surface area contributed by atoms with E-state index in [9.17, 15) is 13.6 Å². The van der Waals surface area contributed by atoms with E-state index in [2.05, 4.69) is 29.8 Å². The molecule has 0 aromatic rings. The summed E-state index contributed by atoms with van der Waals surface area (Å²) in [6.45, 7) is 4.10. The number of carbonyl (C=O) groups excluding carboxylic acids is 1. The smallest absolute Gasteiger partial charge is 0.248 e. The first-order chi connectivity index (χ1) is 7.32. The second kappa shape index (κ2) is 5.56. The molecule has 0 amide bonds. The van der Waals surface area contributed by atoms with E-state index >= 15 is 0 Å². The zero-order chi connectivity index (χ0) is 12.3. The van der Waals surface area contributed by atoms with Crippen LogP contribution in [0.1, 0.15) is 46.0 Å². The Bertz CT molecular complexity index is 243. The van der Waals surface area contributed by atoms with Crippen molar-refractivity contribution in [3.63, 3.8) is 0 Å². The lowest BCUT2D eigenvalue weighted by molar-refractivity contribution is -0.126. The zero-order valence-corrected chi connectivity index (χ0v) is 11.4. The number of ketones is 1. The molecule has 1 aliphatic carbocycles. The third-order valence-corrected chi connectivity index (χ3v) is 3.93. The van der Waals surface area contributed by atoms with Gasteiger partial charge in [0.1, 0.15) is 5.78 Å². The average Bonchev–Trinajstić information content (AvgIpc) is 2.15. The molecule has 0 aromatic heterocycles. The molecule has 1 saturated carbocycles. The van der Waals surface area contributed by atoms with Crippen LogP contribution in [0.4, 0.5) is 8.78 Å². The quantitative estimate of drug-likeness (QED) is 0.711. The molecule has 1 aliphatic rings. The lowest BCUT2D eigenvalue weighted by Crippen LogP contribution is -2.32. The van der Waals surface area contributed by atoms with Gasteiger partial charge in [0, 0.05) is 18.8 Å². The topological polar surface area (TPSA) is 17.1 Å². The minimum atomic E-state index is -2.55. The zero-order valence-electron chi connectivity index (χ0n) is 9.81. The second-order valence-electron chi connectivity index (χ2n) is 5.13. The Kier molecular flexibility index (Phi) is 4.89. The van der Waals surface area contributed by atoms with Crippen molar-refractivity contribution in [1.82, 2.24) is 0 Å². The molecule has 4 heteroatoms. The number of rotatable bonds is 4. The van der Waals surface area contributed by atoms with Gasteiger partial charge in [-0.3, -0.25) is 4.79 Å². The van der Waals surface area contributed by atoms with E-state index in [1.165, 1.54) is 0 Å². The fourth-order valence-corrected chi connectivity index (χ4v) is 3.23. The first-order valence-electron chi connectivity index (χ1n) is 5.87. The second-order valence-corrected chi connectivity index (χ2v) is 6.23. The van der Waals surface area contributed by atoms with Gasteiger partial charge in [-0.1, -0.05) is 29.8 Å². The van der Waals surface area contributed by atoms with Gasteiger partial charge >= 0.3 is 0 Å². The number of hydrogen-bond donors (Lipinski definition) is 0. The predicted molar refractivity (Wildman–Crippen MR) is 64.1 cm³/mol. The number of Topliss-reactive ketones (excluding diaryl/α,β-unsaturated/α-hetero) is 1. The van der Waals surface area contributed by atoms with Crippen LogP contribution in [-0.4, -0.2) is 16.5 Å². The molecule has 1 fully saturated rings. The highest BCUT2D eigenvalue weighted by atomic mass is 79.9. The summed E-state index contributed by atoms with van der Waals surface area (Å²) in [4.78, 5) is 11.8. The molecule has 1 unspecified atom stereocenters. The number of alkyl halides is 3. The molecule has 0 radical (unpaired) electrons. The van der Waals surface area contributed by atoms with Crippen molar-refractivity contribution in [1.29, 1.82) is 0 Å². The summed E-state index contributed by atoms with van der Waals surface area (Å²) in [6.07, 6.45) is 1.19. The molecule has 0 bridgehead atoms. The van der Waals surface area contributed by atoms with Crippen molar-refractivity contribution >= 4 is 21.7 Å². The maximum atomic E-state index is 12.9. The van der Waals surface area contributed by atoms with E-state index in [4.69, 9.17) is 0 Å². The van der Waals surface area contributed by atoms with Crippen LogP contribution in [0.2, 0.25) is 0 Å². The normalized spacial score (nSPS) is 23.4. The lowest BCUT2D eigenvalue weighted by atomic mass is 9.82. The van der Waals surface area contributed by atoms with Gasteiger partial charge in [-0.15, -0.1) is 0 Å². The Balaban J connectivity index is 2.44. The lowest BCUT2D eigenvalue weighted by Gasteiger charge is -2.28. The summed E-state index contributed by atoms with van der Waals surface area (Å²) in [5.41, 5.74) is 0. The molecule has 94 valence electrons. The number of hydrogen-bond acceptors (Lipinski definition) is 1. The average molecular weight is 297 g/mol. The van der Waals surface area contributed by atoms with E-state index in [0.29, 0.717) is 18.8 Å². The van der Waals surface area contributed by atoms with Crippen LogP contribution in [0.3, 0.4) is 0 Å². The molecular weight excluding hydrogens is 278 g/mol. The van der Waals surface area contributed by atoms with E-state index in [-0.39, 0.29) is 29.4 Å². The fourth-order valence-electron chi connectivity index (χ4n) is 2.11. The van der Waals surface area contributed by atoms with Crippen LogP contribution in [0.25, 0.3) is 0 Å². The fraction of sp³-hybridized carbons (Fsp3) is 0.917. The van der Waals surface area contributed by atoms with Crippen molar-refractivity contribution in [2.75, 3.05) is 0 Å². The molecule has 0 spiro atoms. The van der Waals surface area contributed by atoms with E-state index in [1.807, 2.05) is 0 Å². The van der Waals surface area contributed by atoms with E-state index < -0.39 is 5.92 Å². The first-order valence-corrected chi connectivity index (χ1v) is 6.79. The van der Waals surface area contributed by atoms with Gasteiger partial charge in [0.25, 0.3) is 0 Å². The Morgan fingerprint density at radius 1 is 1.38 bits per heavy atom.